The molecule has 28 heavy (non-hydrogen) atoms. The van der Waals surface area contributed by atoms with Gasteiger partial charge >= 0.3 is 0 Å². The summed E-state index contributed by atoms with van der Waals surface area (Å²) in [5.74, 6) is 2.13. The molecule has 0 aliphatic rings. The minimum atomic E-state index is -0.139. The smallest absolute Gasteiger partial charge is 0.258 e. The first-order valence-corrected chi connectivity index (χ1v) is 9.09. The number of hydrogen-bond acceptors (Lipinski definition) is 6. The third-order valence-corrected chi connectivity index (χ3v) is 4.27. The lowest BCUT2D eigenvalue weighted by Crippen LogP contribution is -2.35. The number of ether oxygens (including phenoxy) is 2. The van der Waals surface area contributed by atoms with Gasteiger partial charge in [-0.2, -0.15) is 4.98 Å². The first-order valence-electron chi connectivity index (χ1n) is 9.09. The maximum absolute atomic E-state index is 11.8. The van der Waals surface area contributed by atoms with E-state index in [1.165, 1.54) is 0 Å². The molecule has 0 spiro atoms. The fourth-order valence-electron chi connectivity index (χ4n) is 2.46. The molecule has 0 saturated carbocycles. The Morgan fingerprint density at radius 1 is 1.07 bits per heavy atom. The summed E-state index contributed by atoms with van der Waals surface area (Å²) >= 11 is 0. The van der Waals surface area contributed by atoms with Crippen LogP contribution in [0.5, 0.6) is 11.5 Å². The molecule has 0 saturated heterocycles. The van der Waals surface area contributed by atoms with Gasteiger partial charge in [0, 0.05) is 17.2 Å². The molecule has 0 aliphatic carbocycles. The van der Waals surface area contributed by atoms with Gasteiger partial charge in [-0.1, -0.05) is 12.1 Å². The van der Waals surface area contributed by atoms with Crippen molar-refractivity contribution in [2.45, 2.75) is 26.3 Å². The number of benzene rings is 2. The van der Waals surface area contributed by atoms with Crippen LogP contribution in [0, 0.1) is 0 Å². The molecule has 146 valence electrons. The average Bonchev–Trinajstić information content (AvgIpc) is 3.23. The Labute approximate surface area is 163 Å². The monoisotopic (exact) mass is 381 g/mol. The summed E-state index contributed by atoms with van der Waals surface area (Å²) in [6.07, 6.45) is 0.878. The average molecular weight is 381 g/mol. The summed E-state index contributed by atoms with van der Waals surface area (Å²) in [6, 6.07) is 14.7. The maximum atomic E-state index is 11.8. The first kappa shape index (κ1) is 19.4. The van der Waals surface area contributed by atoms with Crippen molar-refractivity contribution in [2.24, 2.45) is 0 Å². The molecule has 3 rings (SSSR count). The summed E-state index contributed by atoms with van der Waals surface area (Å²) in [5, 5.41) is 6.88. The zero-order valence-corrected chi connectivity index (χ0v) is 16.1. The van der Waals surface area contributed by atoms with E-state index in [1.807, 2.05) is 50.2 Å². The van der Waals surface area contributed by atoms with Crippen molar-refractivity contribution >= 4 is 5.91 Å². The van der Waals surface area contributed by atoms with E-state index in [0.717, 1.165) is 23.3 Å². The number of carbonyl (C=O) groups excluding carboxylic acids is 1. The van der Waals surface area contributed by atoms with Crippen molar-refractivity contribution in [2.75, 3.05) is 13.7 Å². The highest BCUT2D eigenvalue weighted by Crippen LogP contribution is 2.25. The molecule has 1 N–H and O–H groups in total. The van der Waals surface area contributed by atoms with Crippen LogP contribution in [0.25, 0.3) is 22.8 Å². The van der Waals surface area contributed by atoms with Crippen LogP contribution in [0.1, 0.15) is 20.3 Å². The van der Waals surface area contributed by atoms with Crippen LogP contribution < -0.4 is 14.8 Å². The minimum Gasteiger partial charge on any atom is -0.497 e. The van der Waals surface area contributed by atoms with E-state index < -0.39 is 0 Å². The molecule has 3 aromatic rings. The molecular weight excluding hydrogens is 358 g/mol. The van der Waals surface area contributed by atoms with Crippen molar-refractivity contribution in [3.8, 4) is 34.3 Å². The highest BCUT2D eigenvalue weighted by Gasteiger charge is 2.11. The predicted molar refractivity (Wildman–Crippen MR) is 105 cm³/mol. The Balaban J connectivity index is 1.62. The second-order valence-electron chi connectivity index (χ2n) is 6.34. The van der Waals surface area contributed by atoms with Crippen molar-refractivity contribution in [3.63, 3.8) is 0 Å². The molecule has 7 heteroatoms. The van der Waals surface area contributed by atoms with Crippen LogP contribution in [0.15, 0.2) is 53.1 Å². The number of hydrogen-bond donors (Lipinski definition) is 1. The lowest BCUT2D eigenvalue weighted by Gasteiger charge is -2.12. The van der Waals surface area contributed by atoms with E-state index >= 15 is 0 Å². The van der Waals surface area contributed by atoms with Crippen LogP contribution in [0.4, 0.5) is 0 Å². The molecule has 7 nitrogen and oxygen atoms in total. The van der Waals surface area contributed by atoms with Gasteiger partial charge in [-0.05, 0) is 61.9 Å². The molecular formula is C21H23N3O4. The summed E-state index contributed by atoms with van der Waals surface area (Å²) in [7, 11) is 1.62. The number of carbonyl (C=O) groups is 1. The van der Waals surface area contributed by atoms with E-state index in [4.69, 9.17) is 14.0 Å². The van der Waals surface area contributed by atoms with Crippen molar-refractivity contribution in [1.82, 2.24) is 15.5 Å². The quantitative estimate of drug-likeness (QED) is 0.640. The van der Waals surface area contributed by atoms with Crippen LogP contribution in [0.2, 0.25) is 0 Å². The molecule has 1 amide bonds. The van der Waals surface area contributed by atoms with E-state index in [2.05, 4.69) is 15.5 Å². The number of nitrogens with one attached hydrogen (secondary N) is 1. The minimum absolute atomic E-state index is 0.0220. The Hall–Kier alpha value is -3.35. The van der Waals surface area contributed by atoms with Crippen LogP contribution >= 0.6 is 0 Å². The van der Waals surface area contributed by atoms with Crippen LogP contribution in [-0.2, 0) is 4.79 Å². The lowest BCUT2D eigenvalue weighted by atomic mass is 10.2. The zero-order chi connectivity index (χ0) is 19.9. The number of methoxy groups -OCH3 is 1. The number of amides is 1. The predicted octanol–water partition coefficient (Wildman–Crippen LogP) is 3.71. The standard InChI is InChI=1S/C21H23N3O4/c1-4-14(2)22-19(25)13-27-18-11-7-16(8-12-18)21-23-20(24-28-21)15-5-9-17(26-3)10-6-15/h5-12,14H,4,13H2,1-3H3,(H,22,25). The van der Waals surface area contributed by atoms with E-state index in [9.17, 15) is 4.79 Å². The highest BCUT2D eigenvalue weighted by atomic mass is 16.5. The molecule has 1 atom stereocenters. The fraction of sp³-hybridized carbons (Fsp3) is 0.286. The SMILES string of the molecule is CCC(C)NC(=O)COc1ccc(-c2nc(-c3ccc(OC)cc3)no2)cc1. The first-order chi connectivity index (χ1) is 13.6. The van der Waals surface area contributed by atoms with Crippen LogP contribution in [0.3, 0.4) is 0 Å². The highest BCUT2D eigenvalue weighted by molar-refractivity contribution is 5.77. The van der Waals surface area contributed by atoms with Gasteiger partial charge in [-0.15, -0.1) is 0 Å². The second-order valence-corrected chi connectivity index (χ2v) is 6.34. The van der Waals surface area contributed by atoms with Gasteiger partial charge < -0.3 is 19.3 Å². The number of nitrogens with zero attached hydrogens (tertiary/aromatic N) is 2. The largest absolute Gasteiger partial charge is 0.497 e. The van der Waals surface area contributed by atoms with Crippen molar-refractivity contribution < 1.29 is 18.8 Å². The molecule has 1 unspecified atom stereocenters. The second kappa shape index (κ2) is 9.03. The van der Waals surface area contributed by atoms with Gasteiger partial charge in [0.1, 0.15) is 11.5 Å². The van der Waals surface area contributed by atoms with Crippen LogP contribution in [-0.4, -0.2) is 35.8 Å². The topological polar surface area (TPSA) is 86.5 Å². The zero-order valence-electron chi connectivity index (χ0n) is 16.1. The summed E-state index contributed by atoms with van der Waals surface area (Å²) < 4.78 is 16.0. The van der Waals surface area contributed by atoms with E-state index in [-0.39, 0.29) is 18.6 Å². The Bertz CT molecular complexity index is 904. The summed E-state index contributed by atoms with van der Waals surface area (Å²) in [4.78, 5) is 16.2. The molecule has 1 aromatic heterocycles. The van der Waals surface area contributed by atoms with Crippen molar-refractivity contribution in [3.05, 3.63) is 48.5 Å². The molecule has 2 aromatic carbocycles. The van der Waals surface area contributed by atoms with Gasteiger partial charge in [0.2, 0.25) is 5.82 Å². The Morgan fingerprint density at radius 2 is 1.71 bits per heavy atom. The summed E-state index contributed by atoms with van der Waals surface area (Å²) in [6.45, 7) is 3.95. The van der Waals surface area contributed by atoms with Gasteiger partial charge in [-0.3, -0.25) is 4.79 Å². The van der Waals surface area contributed by atoms with Crippen molar-refractivity contribution in [1.29, 1.82) is 0 Å². The summed E-state index contributed by atoms with van der Waals surface area (Å²) in [5.41, 5.74) is 1.60. The third kappa shape index (κ3) is 4.88. The molecule has 0 bridgehead atoms. The van der Waals surface area contributed by atoms with Gasteiger partial charge in [0.05, 0.1) is 7.11 Å². The molecule has 0 aliphatic heterocycles. The molecule has 0 radical (unpaired) electrons. The number of aromatic nitrogens is 2. The Kier molecular flexibility index (Phi) is 6.26. The van der Waals surface area contributed by atoms with E-state index in [0.29, 0.717) is 17.5 Å². The maximum Gasteiger partial charge on any atom is 0.258 e. The van der Waals surface area contributed by atoms with E-state index in [1.54, 1.807) is 19.2 Å². The Morgan fingerprint density at radius 3 is 2.36 bits per heavy atom. The molecule has 1 heterocycles. The fourth-order valence-corrected chi connectivity index (χ4v) is 2.46. The lowest BCUT2D eigenvalue weighted by molar-refractivity contribution is -0.123. The third-order valence-electron chi connectivity index (χ3n) is 4.27. The molecule has 0 fully saturated rings. The van der Waals surface area contributed by atoms with Gasteiger partial charge in [-0.25, -0.2) is 0 Å². The number of rotatable bonds is 8. The van der Waals surface area contributed by atoms with Gasteiger partial charge in [0.25, 0.3) is 11.8 Å². The van der Waals surface area contributed by atoms with Gasteiger partial charge in [0.15, 0.2) is 6.61 Å². The normalized spacial score (nSPS) is 11.7.